The molecule has 1 atom stereocenters. The minimum atomic E-state index is -4.77. The summed E-state index contributed by atoms with van der Waals surface area (Å²) in [6.07, 6.45) is -2.74. The normalized spacial score (nSPS) is 22.4. The Bertz CT molecular complexity index is 1480. The zero-order valence-corrected chi connectivity index (χ0v) is 23.0. The molecule has 0 aromatic carbocycles. The average molecular weight is 599 g/mol. The Morgan fingerprint density at radius 1 is 1.24 bits per heavy atom. The third kappa shape index (κ3) is 5.03. The van der Waals surface area contributed by atoms with Crippen molar-refractivity contribution in [3.63, 3.8) is 0 Å². The summed E-state index contributed by atoms with van der Waals surface area (Å²) in [5, 5.41) is 25.3. The van der Waals surface area contributed by atoms with Gasteiger partial charge in [-0.2, -0.15) is 32.1 Å². The van der Waals surface area contributed by atoms with Crippen molar-refractivity contribution < 1.29 is 36.6 Å². The van der Waals surface area contributed by atoms with Crippen molar-refractivity contribution in [3.8, 4) is 11.4 Å². The highest BCUT2D eigenvalue weighted by atomic mass is 19.4. The standard InChI is InChI=1S/C26H31F5N8O3/c1-14(2)10-39-19-7-17(32-8-16(19)21(36-39)37-11-15(12-37)42-22(27)28)20-18(9-33-35-20)34-23(40)38-6-5-25(41,26(29,30)31)13-24(38)3-4-24/h7-9,14-15,22,41H,3-6,10-13H2,1-2H3,(H,33,35)(H,34,40)/t25-/m1/s1. The summed E-state index contributed by atoms with van der Waals surface area (Å²) in [7, 11) is 0. The van der Waals surface area contributed by atoms with Gasteiger partial charge < -0.3 is 25.0 Å². The maximum absolute atomic E-state index is 13.5. The van der Waals surface area contributed by atoms with Crippen LogP contribution in [-0.2, 0) is 11.3 Å². The van der Waals surface area contributed by atoms with Crippen LogP contribution < -0.4 is 10.2 Å². The van der Waals surface area contributed by atoms with Crippen LogP contribution in [0.2, 0.25) is 0 Å². The number of hydrogen-bond acceptors (Lipinski definition) is 7. The van der Waals surface area contributed by atoms with Crippen molar-refractivity contribution in [1.82, 2.24) is 29.9 Å². The number of ether oxygens (including phenoxy) is 1. The number of amides is 2. The van der Waals surface area contributed by atoms with Crippen molar-refractivity contribution in [2.24, 2.45) is 5.92 Å². The Hall–Kier alpha value is -3.53. The summed E-state index contributed by atoms with van der Waals surface area (Å²) in [5.74, 6) is 0.857. The number of H-pyrrole nitrogens is 1. The summed E-state index contributed by atoms with van der Waals surface area (Å²) in [6.45, 7) is 2.13. The van der Waals surface area contributed by atoms with Gasteiger partial charge in [0.05, 0.1) is 34.6 Å². The molecule has 228 valence electrons. The fourth-order valence-corrected chi connectivity index (χ4v) is 5.92. The van der Waals surface area contributed by atoms with Crippen molar-refractivity contribution in [2.75, 3.05) is 29.9 Å². The van der Waals surface area contributed by atoms with Crippen LogP contribution in [-0.4, -0.2) is 90.7 Å². The fourth-order valence-electron chi connectivity index (χ4n) is 5.92. The van der Waals surface area contributed by atoms with Gasteiger partial charge in [-0.15, -0.1) is 0 Å². The lowest BCUT2D eigenvalue weighted by Crippen LogP contribution is -2.60. The van der Waals surface area contributed by atoms with E-state index in [0.29, 0.717) is 42.3 Å². The van der Waals surface area contributed by atoms with Gasteiger partial charge >= 0.3 is 18.8 Å². The predicted octanol–water partition coefficient (Wildman–Crippen LogP) is 4.36. The number of nitrogens with zero attached hydrogens (tertiary/aromatic N) is 6. The maximum atomic E-state index is 13.5. The molecular formula is C26H31F5N8O3. The number of urea groups is 1. The van der Waals surface area contributed by atoms with Gasteiger partial charge in [0.15, 0.2) is 11.4 Å². The summed E-state index contributed by atoms with van der Waals surface area (Å²) in [4.78, 5) is 21.1. The average Bonchev–Trinajstić information content (AvgIpc) is 3.31. The Morgan fingerprint density at radius 3 is 2.62 bits per heavy atom. The number of fused-ring (bicyclic) bond motifs is 1. The number of aromatic nitrogens is 5. The fraction of sp³-hybridized carbons (Fsp3) is 0.615. The molecule has 1 saturated carbocycles. The Kier molecular flexibility index (Phi) is 6.83. The van der Waals surface area contributed by atoms with Crippen molar-refractivity contribution in [1.29, 1.82) is 0 Å². The van der Waals surface area contributed by atoms with Gasteiger partial charge in [0.25, 0.3) is 0 Å². The maximum Gasteiger partial charge on any atom is 0.417 e. The first-order chi connectivity index (χ1) is 19.8. The zero-order valence-electron chi connectivity index (χ0n) is 23.0. The van der Waals surface area contributed by atoms with E-state index in [2.05, 4.69) is 25.2 Å². The minimum Gasteiger partial charge on any atom is -0.380 e. The number of halogens is 5. The lowest BCUT2D eigenvalue weighted by atomic mass is 9.84. The van der Waals surface area contributed by atoms with Gasteiger partial charge in [-0.25, -0.2) is 4.79 Å². The van der Waals surface area contributed by atoms with Crippen LogP contribution in [0.4, 0.5) is 38.3 Å². The lowest BCUT2D eigenvalue weighted by molar-refractivity contribution is -0.277. The molecule has 2 saturated heterocycles. The van der Waals surface area contributed by atoms with Crippen molar-refractivity contribution in [2.45, 2.75) is 76.1 Å². The minimum absolute atomic E-state index is 0.240. The van der Waals surface area contributed by atoms with Crippen LogP contribution in [0, 0.1) is 5.92 Å². The lowest BCUT2D eigenvalue weighted by Gasteiger charge is -2.45. The van der Waals surface area contributed by atoms with E-state index in [1.807, 2.05) is 23.4 Å². The molecule has 3 aromatic heterocycles. The molecule has 6 rings (SSSR count). The van der Waals surface area contributed by atoms with Gasteiger partial charge in [-0.05, 0) is 24.8 Å². The molecule has 2 aliphatic heterocycles. The number of nitrogens with one attached hydrogen (secondary N) is 2. The number of rotatable bonds is 7. The Balaban J connectivity index is 1.23. The number of carbonyl (C=O) groups excluding carboxylic acids is 1. The number of carbonyl (C=O) groups is 1. The number of alkyl halides is 5. The van der Waals surface area contributed by atoms with Crippen LogP contribution in [0.1, 0.15) is 39.5 Å². The second kappa shape index (κ2) is 10.0. The Morgan fingerprint density at radius 2 is 1.98 bits per heavy atom. The first-order valence-corrected chi connectivity index (χ1v) is 13.8. The molecule has 16 heteroatoms. The molecular weight excluding hydrogens is 567 g/mol. The molecule has 1 aliphatic carbocycles. The number of pyridine rings is 1. The summed E-state index contributed by atoms with van der Waals surface area (Å²) in [5.41, 5.74) is -1.97. The van der Waals surface area contributed by atoms with E-state index < -0.39 is 48.9 Å². The van der Waals surface area contributed by atoms with Crippen LogP contribution in [0.15, 0.2) is 18.5 Å². The van der Waals surface area contributed by atoms with Crippen LogP contribution in [0.25, 0.3) is 22.3 Å². The monoisotopic (exact) mass is 598 g/mol. The van der Waals surface area contributed by atoms with Gasteiger partial charge in [0.1, 0.15) is 5.69 Å². The third-order valence-electron chi connectivity index (χ3n) is 8.28. The largest absolute Gasteiger partial charge is 0.417 e. The van der Waals surface area contributed by atoms with Gasteiger partial charge in [0, 0.05) is 50.8 Å². The molecule has 3 aromatic rings. The molecule has 42 heavy (non-hydrogen) atoms. The summed E-state index contributed by atoms with van der Waals surface area (Å²) < 4.78 is 72.0. The first kappa shape index (κ1) is 28.6. The van der Waals surface area contributed by atoms with E-state index >= 15 is 0 Å². The van der Waals surface area contributed by atoms with E-state index in [9.17, 15) is 31.9 Å². The molecule has 11 nitrogen and oxygen atoms in total. The van der Waals surface area contributed by atoms with Crippen LogP contribution in [0.5, 0.6) is 0 Å². The molecule has 2 amide bonds. The van der Waals surface area contributed by atoms with Crippen LogP contribution in [0.3, 0.4) is 0 Å². The number of anilines is 2. The number of aromatic amines is 1. The number of hydrogen-bond donors (Lipinski definition) is 3. The Labute approximate surface area is 237 Å². The highest BCUT2D eigenvalue weighted by Crippen LogP contribution is 2.55. The zero-order chi connectivity index (χ0) is 30.0. The SMILES string of the molecule is CC(C)Cn1nc(N2CC(OC(F)F)C2)c2cnc(-c3[nH]ncc3NC(=O)N3CC[C@](O)(C(F)(F)F)CC34CC4)cc21. The van der Waals surface area contributed by atoms with Gasteiger partial charge in [-0.3, -0.25) is 14.8 Å². The molecule has 0 bridgehead atoms. The topological polar surface area (TPSA) is 124 Å². The summed E-state index contributed by atoms with van der Waals surface area (Å²) >= 11 is 0. The molecule has 3 fully saturated rings. The van der Waals surface area contributed by atoms with Gasteiger partial charge in [0.2, 0.25) is 0 Å². The smallest absolute Gasteiger partial charge is 0.380 e. The molecule has 5 heterocycles. The molecule has 0 unspecified atom stereocenters. The molecule has 1 spiro atoms. The molecule has 0 radical (unpaired) electrons. The predicted molar refractivity (Wildman–Crippen MR) is 141 cm³/mol. The quantitative estimate of drug-likeness (QED) is 0.346. The van der Waals surface area contributed by atoms with Crippen molar-refractivity contribution in [3.05, 3.63) is 18.5 Å². The van der Waals surface area contributed by atoms with Gasteiger partial charge in [-0.1, -0.05) is 13.8 Å². The third-order valence-corrected chi connectivity index (χ3v) is 8.28. The number of piperidine rings is 1. The van der Waals surface area contributed by atoms with E-state index in [0.717, 1.165) is 10.9 Å². The first-order valence-electron chi connectivity index (χ1n) is 13.8. The summed E-state index contributed by atoms with van der Waals surface area (Å²) in [6, 6.07) is 1.21. The number of aliphatic hydroxyl groups is 1. The number of likely N-dealkylation sites (tertiary alicyclic amines) is 1. The highest BCUT2D eigenvalue weighted by molar-refractivity contribution is 5.96. The second-order valence-electron chi connectivity index (χ2n) is 11.8. The molecule has 3 N–H and O–H groups in total. The van der Waals surface area contributed by atoms with E-state index in [4.69, 9.17) is 5.10 Å². The van der Waals surface area contributed by atoms with Crippen LogP contribution >= 0.6 is 0 Å². The molecule has 3 aliphatic rings. The van der Waals surface area contributed by atoms with Crippen molar-refractivity contribution >= 4 is 28.4 Å². The highest BCUT2D eigenvalue weighted by Gasteiger charge is 2.65. The van der Waals surface area contributed by atoms with E-state index in [1.165, 1.54) is 11.1 Å². The van der Waals surface area contributed by atoms with E-state index in [-0.39, 0.29) is 25.6 Å². The second-order valence-corrected chi connectivity index (χ2v) is 11.8. The van der Waals surface area contributed by atoms with E-state index in [1.54, 1.807) is 12.3 Å².